The maximum atomic E-state index is 15.1. The van der Waals surface area contributed by atoms with E-state index in [2.05, 4.69) is 10.0 Å². The van der Waals surface area contributed by atoms with Crippen LogP contribution in [0.4, 0.5) is 22.0 Å². The first-order valence-electron chi connectivity index (χ1n) is 9.38. The normalized spacial score (nSPS) is 22.0. The van der Waals surface area contributed by atoms with Crippen LogP contribution in [0.25, 0.3) is 11.1 Å². The summed E-state index contributed by atoms with van der Waals surface area (Å²) in [5.74, 6) is -5.83. The van der Waals surface area contributed by atoms with E-state index in [4.69, 9.17) is 0 Å². The fraction of sp³-hybridized carbons (Fsp3) is 0.400. The van der Waals surface area contributed by atoms with Crippen LogP contribution < -0.4 is 10.0 Å². The van der Waals surface area contributed by atoms with Crippen molar-refractivity contribution in [3.63, 3.8) is 0 Å². The molecule has 2 fully saturated rings. The Bertz CT molecular complexity index is 1080. The zero-order valence-corrected chi connectivity index (χ0v) is 17.7. The molecule has 1 aliphatic heterocycles. The van der Waals surface area contributed by atoms with Gasteiger partial charge in [0.25, 0.3) is 10.0 Å². The Hall–Kier alpha value is -1.75. The van der Waals surface area contributed by atoms with Crippen LogP contribution in [0.3, 0.4) is 0 Å². The number of sulfonamides is 1. The van der Waals surface area contributed by atoms with Crippen LogP contribution in [0.2, 0.25) is 0 Å². The number of rotatable bonds is 6. The number of alkyl halides is 2. The number of hydrogen-bond donors (Lipinski definition) is 2. The van der Waals surface area contributed by atoms with Gasteiger partial charge in [0.05, 0.1) is 0 Å². The average molecular weight is 483 g/mol. The van der Waals surface area contributed by atoms with E-state index in [9.17, 15) is 26.0 Å². The average Bonchev–Trinajstić information content (AvgIpc) is 3.40. The Morgan fingerprint density at radius 1 is 1.10 bits per heavy atom. The second-order valence-electron chi connectivity index (χ2n) is 7.86. The minimum atomic E-state index is -4.82. The summed E-state index contributed by atoms with van der Waals surface area (Å²) in [4.78, 5) is 0. The number of halogens is 6. The molecule has 170 valence electrons. The minimum Gasteiger partial charge on any atom is -0.311 e. The number of benzene rings is 2. The molecule has 4 nitrogen and oxygen atoms in total. The van der Waals surface area contributed by atoms with Crippen LogP contribution in [-0.4, -0.2) is 32.8 Å². The van der Waals surface area contributed by atoms with Gasteiger partial charge < -0.3 is 5.32 Å². The van der Waals surface area contributed by atoms with Gasteiger partial charge in [0.15, 0.2) is 0 Å². The quantitative estimate of drug-likeness (QED) is 0.612. The molecule has 4 rings (SSSR count). The highest BCUT2D eigenvalue weighted by molar-refractivity contribution is 7.89. The van der Waals surface area contributed by atoms with Crippen molar-refractivity contribution in [2.75, 3.05) is 6.54 Å². The largest absolute Gasteiger partial charge is 0.350 e. The van der Waals surface area contributed by atoms with Crippen molar-refractivity contribution in [1.82, 2.24) is 10.0 Å². The van der Waals surface area contributed by atoms with Crippen LogP contribution in [0.1, 0.15) is 18.4 Å². The third-order valence-electron chi connectivity index (χ3n) is 5.93. The van der Waals surface area contributed by atoms with Crippen LogP contribution in [0, 0.1) is 22.9 Å². The summed E-state index contributed by atoms with van der Waals surface area (Å²) in [6.07, 6.45) is 1.34. The lowest BCUT2D eigenvalue weighted by Crippen LogP contribution is -2.49. The molecule has 2 aromatic carbocycles. The molecule has 2 aromatic rings. The van der Waals surface area contributed by atoms with Gasteiger partial charge in [-0.1, -0.05) is 18.2 Å². The summed E-state index contributed by atoms with van der Waals surface area (Å²) in [6, 6.07) is 5.54. The molecule has 1 aliphatic carbocycles. The Morgan fingerprint density at radius 2 is 1.81 bits per heavy atom. The summed E-state index contributed by atoms with van der Waals surface area (Å²) >= 11 is 0. The van der Waals surface area contributed by atoms with E-state index in [-0.39, 0.29) is 35.5 Å². The maximum absolute atomic E-state index is 15.1. The smallest absolute Gasteiger partial charge is 0.311 e. The van der Waals surface area contributed by atoms with Crippen molar-refractivity contribution < 1.29 is 30.4 Å². The zero-order valence-electron chi connectivity index (χ0n) is 16.0. The van der Waals surface area contributed by atoms with E-state index in [1.54, 1.807) is 0 Å². The van der Waals surface area contributed by atoms with Gasteiger partial charge in [-0.15, -0.1) is 12.4 Å². The van der Waals surface area contributed by atoms with Crippen LogP contribution in [-0.2, 0) is 16.4 Å². The molecule has 1 saturated carbocycles. The summed E-state index contributed by atoms with van der Waals surface area (Å²) in [5.41, 5.74) is -0.682. The predicted molar refractivity (Wildman–Crippen MR) is 108 cm³/mol. The second kappa shape index (κ2) is 8.65. The lowest BCUT2D eigenvalue weighted by atomic mass is 9.91. The molecule has 1 spiro atoms. The van der Waals surface area contributed by atoms with E-state index < -0.39 is 50.7 Å². The number of hydrogen-bond acceptors (Lipinski definition) is 3. The van der Waals surface area contributed by atoms with Gasteiger partial charge in [-0.3, -0.25) is 0 Å². The van der Waals surface area contributed by atoms with E-state index in [1.807, 2.05) is 0 Å². The van der Waals surface area contributed by atoms with Gasteiger partial charge in [-0.05, 0) is 43.0 Å². The SMILES string of the molecule is Cl.O=S(=O)(N[C@@H]1[C@H](Cc2cccc(-c3cc(F)ccc3F)c2F)NCC12CC2)C(F)F. The molecule has 11 heteroatoms. The van der Waals surface area contributed by atoms with Gasteiger partial charge in [-0.25, -0.2) is 26.3 Å². The molecule has 0 aromatic heterocycles. The van der Waals surface area contributed by atoms with Gasteiger partial charge in [0, 0.05) is 35.2 Å². The summed E-state index contributed by atoms with van der Waals surface area (Å²) < 4.78 is 94.1. The third kappa shape index (κ3) is 4.57. The predicted octanol–water partition coefficient (Wildman–Crippen LogP) is 4.00. The third-order valence-corrected chi connectivity index (χ3v) is 6.99. The van der Waals surface area contributed by atoms with E-state index in [1.165, 1.54) is 18.2 Å². The molecule has 2 atom stereocenters. The molecule has 0 radical (unpaired) electrons. The highest BCUT2D eigenvalue weighted by Crippen LogP contribution is 2.52. The molecule has 2 aliphatic rings. The van der Waals surface area contributed by atoms with Crippen LogP contribution in [0.15, 0.2) is 36.4 Å². The standard InChI is InChI=1S/C20H19F5N2O2S.ClH/c21-12-4-5-15(22)14(9-12)13-3-1-2-11(17(13)23)8-16-18(20(6-7-20)10-26-16)27-30(28,29)19(24)25;/h1-5,9,16,18-19,26-27H,6-8,10H2;1H/t16-,18+;/m0./s1. The zero-order chi connectivity index (χ0) is 21.7. The topological polar surface area (TPSA) is 58.2 Å². The first kappa shape index (κ1) is 23.9. The van der Waals surface area contributed by atoms with Gasteiger partial charge >= 0.3 is 5.76 Å². The van der Waals surface area contributed by atoms with E-state index >= 15 is 4.39 Å². The van der Waals surface area contributed by atoms with E-state index in [0.717, 1.165) is 18.2 Å². The molecule has 0 unspecified atom stereocenters. The Labute approximate surface area is 182 Å². The molecule has 0 bridgehead atoms. The fourth-order valence-electron chi connectivity index (χ4n) is 4.15. The second-order valence-corrected chi connectivity index (χ2v) is 9.54. The van der Waals surface area contributed by atoms with Crippen molar-refractivity contribution in [3.05, 3.63) is 59.4 Å². The lowest BCUT2D eigenvalue weighted by Gasteiger charge is -2.25. The highest BCUT2D eigenvalue weighted by atomic mass is 35.5. The Morgan fingerprint density at radius 3 is 2.45 bits per heavy atom. The van der Waals surface area contributed by atoms with Crippen LogP contribution >= 0.6 is 12.4 Å². The first-order valence-corrected chi connectivity index (χ1v) is 10.9. The molecule has 0 amide bonds. The Balaban J connectivity index is 0.00000272. The highest BCUT2D eigenvalue weighted by Gasteiger charge is 2.57. The van der Waals surface area contributed by atoms with Gasteiger partial charge in [0.2, 0.25) is 0 Å². The van der Waals surface area contributed by atoms with Gasteiger partial charge in [0.1, 0.15) is 17.5 Å². The molecular formula is C20H20ClF5N2O2S. The number of nitrogens with one attached hydrogen (secondary N) is 2. The van der Waals surface area contributed by atoms with Crippen molar-refractivity contribution in [2.24, 2.45) is 5.41 Å². The molecule has 1 heterocycles. The van der Waals surface area contributed by atoms with Crippen LogP contribution in [0.5, 0.6) is 0 Å². The monoisotopic (exact) mass is 482 g/mol. The van der Waals surface area contributed by atoms with E-state index in [0.29, 0.717) is 19.4 Å². The van der Waals surface area contributed by atoms with Crippen molar-refractivity contribution in [2.45, 2.75) is 37.1 Å². The van der Waals surface area contributed by atoms with Crippen molar-refractivity contribution in [3.8, 4) is 11.1 Å². The molecule has 2 N–H and O–H groups in total. The molecule has 1 saturated heterocycles. The Kier molecular flexibility index (Phi) is 6.67. The summed E-state index contributed by atoms with van der Waals surface area (Å²) in [5, 5.41) is 3.10. The summed E-state index contributed by atoms with van der Waals surface area (Å²) in [7, 11) is -4.82. The minimum absolute atomic E-state index is 0. The molecular weight excluding hydrogens is 463 g/mol. The van der Waals surface area contributed by atoms with Crippen molar-refractivity contribution in [1.29, 1.82) is 0 Å². The molecule has 31 heavy (non-hydrogen) atoms. The van der Waals surface area contributed by atoms with Gasteiger partial charge in [-0.2, -0.15) is 8.78 Å². The first-order chi connectivity index (χ1) is 14.1. The lowest BCUT2D eigenvalue weighted by molar-refractivity contribution is 0.229. The van der Waals surface area contributed by atoms with Crippen molar-refractivity contribution >= 4 is 22.4 Å². The fourth-order valence-corrected chi connectivity index (χ4v) is 5.02. The maximum Gasteiger partial charge on any atom is 0.350 e. The summed E-state index contributed by atoms with van der Waals surface area (Å²) in [6.45, 7) is 0.425.